The number of amides is 1. The van der Waals surface area contributed by atoms with E-state index in [1.807, 2.05) is 0 Å². The van der Waals surface area contributed by atoms with Crippen molar-refractivity contribution in [3.63, 3.8) is 0 Å². The standard InChI is InChI=1S/C33H31N3O10S/c1-5-43-28(37)17-34-32(39)46-33(21-7-9-25-19(15-21)10-11-44-25)22(12-18-13-26(40-2)30(42-4)27(14-18)41-3)29(31(38)45-33)20-6-8-23-24(16-20)36-47-35-23/h6-9,13-16H,5,10-12,17H2,1-4H3,(H,34,39). The number of aromatic nitrogens is 2. The lowest BCUT2D eigenvalue weighted by Crippen LogP contribution is -2.41. The number of nitrogens with one attached hydrogen (secondary N) is 1. The van der Waals surface area contributed by atoms with Gasteiger partial charge in [0.1, 0.15) is 23.3 Å². The summed E-state index contributed by atoms with van der Waals surface area (Å²) in [6.45, 7) is 1.81. The van der Waals surface area contributed by atoms with E-state index in [0.717, 1.165) is 17.3 Å². The number of nitrogens with zero attached hydrogens (tertiary/aromatic N) is 2. The van der Waals surface area contributed by atoms with Crippen molar-refractivity contribution in [2.45, 2.75) is 25.6 Å². The summed E-state index contributed by atoms with van der Waals surface area (Å²) in [5.74, 6) is -1.61. The number of hydrogen-bond donors (Lipinski definition) is 1. The van der Waals surface area contributed by atoms with Gasteiger partial charge in [-0.25, -0.2) is 9.59 Å². The first-order chi connectivity index (χ1) is 22.8. The number of ether oxygens (including phenoxy) is 7. The minimum Gasteiger partial charge on any atom is -0.493 e. The molecule has 1 amide bonds. The summed E-state index contributed by atoms with van der Waals surface area (Å²) in [4.78, 5) is 39.6. The van der Waals surface area contributed by atoms with Crippen LogP contribution in [0.4, 0.5) is 4.79 Å². The molecule has 2 aliphatic heterocycles. The van der Waals surface area contributed by atoms with Crippen molar-refractivity contribution in [1.29, 1.82) is 0 Å². The lowest BCUT2D eigenvalue weighted by Gasteiger charge is -2.31. The van der Waals surface area contributed by atoms with Crippen LogP contribution >= 0.6 is 11.7 Å². The highest BCUT2D eigenvalue weighted by atomic mass is 32.1. The summed E-state index contributed by atoms with van der Waals surface area (Å²) in [6, 6.07) is 13.9. The predicted octanol–water partition coefficient (Wildman–Crippen LogP) is 4.35. The number of rotatable bonds is 11. The summed E-state index contributed by atoms with van der Waals surface area (Å²) in [5.41, 5.74) is 4.06. The molecular formula is C33H31N3O10S. The summed E-state index contributed by atoms with van der Waals surface area (Å²) in [6.07, 6.45) is -0.372. The molecule has 0 bridgehead atoms. The zero-order chi connectivity index (χ0) is 33.1. The van der Waals surface area contributed by atoms with Crippen molar-refractivity contribution in [2.75, 3.05) is 41.1 Å². The summed E-state index contributed by atoms with van der Waals surface area (Å²) in [7, 11) is 4.50. The maximum Gasteiger partial charge on any atom is 0.411 e. The summed E-state index contributed by atoms with van der Waals surface area (Å²) < 4.78 is 48.2. The Morgan fingerprint density at radius 2 is 1.74 bits per heavy atom. The van der Waals surface area contributed by atoms with Gasteiger partial charge < -0.3 is 38.5 Å². The maximum atomic E-state index is 14.1. The molecule has 1 aromatic heterocycles. The van der Waals surface area contributed by atoms with Crippen molar-refractivity contribution >= 4 is 46.4 Å². The van der Waals surface area contributed by atoms with Gasteiger partial charge in [0.05, 0.1) is 51.8 Å². The first-order valence-electron chi connectivity index (χ1n) is 14.7. The van der Waals surface area contributed by atoms with E-state index in [1.165, 1.54) is 21.3 Å². The Balaban J connectivity index is 1.55. The summed E-state index contributed by atoms with van der Waals surface area (Å²) >= 11 is 1.05. The molecule has 0 saturated carbocycles. The second-order valence-corrected chi connectivity index (χ2v) is 11.0. The average molecular weight is 662 g/mol. The van der Waals surface area contributed by atoms with Crippen LogP contribution in [0.1, 0.15) is 29.2 Å². The van der Waals surface area contributed by atoms with E-state index in [0.29, 0.717) is 69.3 Å². The highest BCUT2D eigenvalue weighted by molar-refractivity contribution is 7.00. The molecule has 3 aromatic carbocycles. The molecule has 6 rings (SSSR count). The van der Waals surface area contributed by atoms with E-state index in [1.54, 1.807) is 55.5 Å². The Bertz CT molecular complexity index is 1880. The van der Waals surface area contributed by atoms with Crippen LogP contribution in [0.2, 0.25) is 0 Å². The topological polar surface area (TPSA) is 154 Å². The largest absolute Gasteiger partial charge is 0.493 e. The van der Waals surface area contributed by atoms with Crippen LogP contribution < -0.4 is 24.3 Å². The third-order valence-corrected chi connectivity index (χ3v) is 8.33. The van der Waals surface area contributed by atoms with Gasteiger partial charge in [-0.3, -0.25) is 4.79 Å². The van der Waals surface area contributed by atoms with Gasteiger partial charge >= 0.3 is 23.8 Å². The smallest absolute Gasteiger partial charge is 0.411 e. The average Bonchev–Trinajstić information content (AvgIpc) is 3.81. The first-order valence-corrected chi connectivity index (χ1v) is 15.4. The third-order valence-electron chi connectivity index (χ3n) is 7.78. The first kappa shape index (κ1) is 31.6. The van der Waals surface area contributed by atoms with Gasteiger partial charge in [0.15, 0.2) is 11.5 Å². The SMILES string of the molecule is CCOC(=O)CNC(=O)OC1(c2ccc3c(c2)CCO3)OC(=O)C(c2ccc3nsnc3c2)=C1Cc1cc(OC)c(OC)c(OC)c1. The maximum absolute atomic E-state index is 14.1. The molecule has 0 saturated heterocycles. The zero-order valence-electron chi connectivity index (χ0n) is 26.0. The third kappa shape index (κ3) is 5.99. The van der Waals surface area contributed by atoms with Crippen LogP contribution in [0.15, 0.2) is 54.1 Å². The number of esters is 2. The van der Waals surface area contributed by atoms with Gasteiger partial charge in [-0.15, -0.1) is 0 Å². The van der Waals surface area contributed by atoms with Crippen LogP contribution in [0, 0.1) is 0 Å². The zero-order valence-corrected chi connectivity index (χ0v) is 26.9. The van der Waals surface area contributed by atoms with E-state index in [-0.39, 0.29) is 18.6 Å². The number of methoxy groups -OCH3 is 3. The molecule has 4 aromatic rings. The van der Waals surface area contributed by atoms with E-state index in [9.17, 15) is 14.4 Å². The normalized spacial score (nSPS) is 16.7. The predicted molar refractivity (Wildman–Crippen MR) is 169 cm³/mol. The molecule has 13 nitrogen and oxygen atoms in total. The van der Waals surface area contributed by atoms with Crippen molar-refractivity contribution < 1.29 is 47.5 Å². The fraction of sp³-hybridized carbons (Fsp3) is 0.303. The van der Waals surface area contributed by atoms with Crippen molar-refractivity contribution in [3.05, 3.63) is 76.4 Å². The second-order valence-electron chi connectivity index (χ2n) is 10.5. The number of carbonyl (C=O) groups is 3. The van der Waals surface area contributed by atoms with Gasteiger partial charge in [0.2, 0.25) is 5.75 Å². The van der Waals surface area contributed by atoms with Crippen LogP contribution in [-0.2, 0) is 42.4 Å². The number of carbonyl (C=O) groups excluding carboxylic acids is 3. The molecule has 1 N–H and O–H groups in total. The second kappa shape index (κ2) is 13.2. The number of fused-ring (bicyclic) bond motifs is 2. The monoisotopic (exact) mass is 661 g/mol. The van der Waals surface area contributed by atoms with Crippen LogP contribution in [0.3, 0.4) is 0 Å². The van der Waals surface area contributed by atoms with Crippen molar-refractivity contribution in [1.82, 2.24) is 14.1 Å². The lowest BCUT2D eigenvalue weighted by atomic mass is 9.87. The highest BCUT2D eigenvalue weighted by Crippen LogP contribution is 2.49. The number of benzene rings is 3. The Hall–Kier alpha value is -5.37. The molecule has 2 aliphatic rings. The molecule has 0 radical (unpaired) electrons. The lowest BCUT2D eigenvalue weighted by molar-refractivity contribution is -0.185. The van der Waals surface area contributed by atoms with Crippen LogP contribution in [0.5, 0.6) is 23.0 Å². The van der Waals surface area contributed by atoms with Gasteiger partial charge in [0.25, 0.3) is 0 Å². The Morgan fingerprint density at radius 1 is 0.979 bits per heavy atom. The Labute approximate surface area is 273 Å². The summed E-state index contributed by atoms with van der Waals surface area (Å²) in [5, 5.41) is 2.42. The minimum atomic E-state index is -2.06. The van der Waals surface area contributed by atoms with Gasteiger partial charge in [-0.05, 0) is 66.1 Å². The molecule has 14 heteroatoms. The quantitative estimate of drug-likeness (QED) is 0.227. The molecule has 244 valence electrons. The van der Waals surface area contributed by atoms with Gasteiger partial charge in [0, 0.05) is 24.0 Å². The molecule has 1 unspecified atom stereocenters. The number of hydrogen-bond acceptors (Lipinski definition) is 13. The molecule has 1 atom stereocenters. The molecule has 47 heavy (non-hydrogen) atoms. The van der Waals surface area contributed by atoms with E-state index >= 15 is 0 Å². The molecule has 0 spiro atoms. The van der Waals surface area contributed by atoms with Crippen LogP contribution in [-0.4, -0.2) is 67.9 Å². The minimum absolute atomic E-state index is 0.0316. The van der Waals surface area contributed by atoms with Gasteiger partial charge in [-0.1, -0.05) is 6.07 Å². The van der Waals surface area contributed by atoms with E-state index in [2.05, 4.69) is 14.1 Å². The van der Waals surface area contributed by atoms with Crippen LogP contribution in [0.25, 0.3) is 16.6 Å². The van der Waals surface area contributed by atoms with Crippen molar-refractivity contribution in [3.8, 4) is 23.0 Å². The highest BCUT2D eigenvalue weighted by Gasteiger charge is 2.53. The number of alkyl carbamates (subject to hydrolysis) is 1. The number of cyclic esters (lactones) is 1. The molecule has 3 heterocycles. The fourth-order valence-corrected chi connectivity index (χ4v) is 6.21. The molecule has 0 fully saturated rings. The Morgan fingerprint density at radius 3 is 2.47 bits per heavy atom. The van der Waals surface area contributed by atoms with E-state index < -0.39 is 30.4 Å². The fourth-order valence-electron chi connectivity index (χ4n) is 5.70. The molecular weight excluding hydrogens is 630 g/mol. The van der Waals surface area contributed by atoms with E-state index in [4.69, 9.17) is 33.2 Å². The molecule has 0 aliphatic carbocycles. The Kier molecular flexibility index (Phi) is 8.85. The van der Waals surface area contributed by atoms with Crippen molar-refractivity contribution in [2.24, 2.45) is 0 Å². The van der Waals surface area contributed by atoms with Gasteiger partial charge in [-0.2, -0.15) is 8.75 Å².